The van der Waals surface area contributed by atoms with Crippen molar-refractivity contribution in [3.05, 3.63) is 64.6 Å². The molecule has 2 aromatic rings. The van der Waals surface area contributed by atoms with Crippen molar-refractivity contribution in [3.63, 3.8) is 0 Å². The predicted molar refractivity (Wildman–Crippen MR) is 102 cm³/mol. The van der Waals surface area contributed by atoms with E-state index in [9.17, 15) is 4.79 Å². The molecule has 0 fully saturated rings. The highest BCUT2D eigenvalue weighted by molar-refractivity contribution is 9.10. The second kappa shape index (κ2) is 10.3. The quantitative estimate of drug-likeness (QED) is 0.725. The summed E-state index contributed by atoms with van der Waals surface area (Å²) in [5, 5.41) is 2.89. The molecule has 0 aromatic heterocycles. The summed E-state index contributed by atoms with van der Waals surface area (Å²) in [4.78, 5) is 12.5. The third-order valence-corrected chi connectivity index (χ3v) is 3.84. The molecule has 0 aliphatic heterocycles. The lowest BCUT2D eigenvalue weighted by Crippen LogP contribution is -2.35. The number of hydrogen-bond acceptors (Lipinski definition) is 3. The lowest BCUT2D eigenvalue weighted by molar-refractivity contribution is -0.128. The van der Waals surface area contributed by atoms with Crippen LogP contribution < -0.4 is 15.8 Å². The molecule has 24 heavy (non-hydrogen) atoms. The molecular weight excluding hydrogens is 392 g/mol. The van der Waals surface area contributed by atoms with Gasteiger partial charge in [-0.05, 0) is 37.6 Å². The number of ether oxygens (including phenoxy) is 1. The molecule has 3 N–H and O–H groups in total. The van der Waals surface area contributed by atoms with Gasteiger partial charge in [0, 0.05) is 22.6 Å². The van der Waals surface area contributed by atoms with E-state index in [2.05, 4.69) is 21.2 Å². The minimum absolute atomic E-state index is 0. The largest absolute Gasteiger partial charge is 0.476 e. The fourth-order valence-electron chi connectivity index (χ4n) is 2.07. The number of amides is 1. The lowest BCUT2D eigenvalue weighted by Gasteiger charge is -2.19. The third kappa shape index (κ3) is 6.51. The molecule has 2 rings (SSSR count). The molecule has 2 unspecified atom stereocenters. The van der Waals surface area contributed by atoms with E-state index in [0.717, 1.165) is 16.5 Å². The van der Waals surface area contributed by atoms with E-state index in [0.29, 0.717) is 12.3 Å². The van der Waals surface area contributed by atoms with Crippen molar-refractivity contribution in [2.45, 2.75) is 25.5 Å². The van der Waals surface area contributed by atoms with Gasteiger partial charge < -0.3 is 15.8 Å². The molecule has 0 radical (unpaired) electrons. The van der Waals surface area contributed by atoms with Gasteiger partial charge in [-0.1, -0.05) is 46.3 Å². The molecular formula is C18H22BrClN2O2. The molecule has 0 heterocycles. The summed E-state index contributed by atoms with van der Waals surface area (Å²) in [6.45, 7) is 2.45. The Kier molecular flexibility index (Phi) is 8.82. The molecule has 0 bridgehead atoms. The van der Waals surface area contributed by atoms with Gasteiger partial charge in [0.2, 0.25) is 6.10 Å². The fraction of sp³-hybridized carbons (Fsp3) is 0.278. The van der Waals surface area contributed by atoms with E-state index in [1.165, 1.54) is 0 Å². The molecule has 6 heteroatoms. The van der Waals surface area contributed by atoms with Crippen molar-refractivity contribution in [3.8, 4) is 5.75 Å². The Balaban J connectivity index is 0.00000288. The molecule has 0 saturated heterocycles. The maximum absolute atomic E-state index is 12.5. The van der Waals surface area contributed by atoms with E-state index >= 15 is 0 Å². The summed E-state index contributed by atoms with van der Waals surface area (Å²) in [6, 6.07) is 16.9. The Labute approximate surface area is 157 Å². The molecule has 0 aliphatic carbocycles. The van der Waals surface area contributed by atoms with Crippen LogP contribution in [0.15, 0.2) is 59.1 Å². The first-order chi connectivity index (χ1) is 11.1. The van der Waals surface area contributed by atoms with E-state index in [1.54, 1.807) is 0 Å². The number of hydrogen-bond donors (Lipinski definition) is 2. The summed E-state index contributed by atoms with van der Waals surface area (Å²) in [6.07, 6.45) is 0.0383. The van der Waals surface area contributed by atoms with Gasteiger partial charge in [-0.3, -0.25) is 4.79 Å². The molecule has 0 spiro atoms. The number of carbonyl (C=O) groups is 1. The molecule has 130 valence electrons. The van der Waals surface area contributed by atoms with Crippen LogP contribution in [0.2, 0.25) is 0 Å². The number of carbonyl (C=O) groups excluding carboxylic acids is 1. The van der Waals surface area contributed by atoms with Crippen LogP contribution >= 0.6 is 28.3 Å². The smallest absolute Gasteiger partial charge is 0.265 e. The first-order valence-electron chi connectivity index (χ1n) is 7.56. The van der Waals surface area contributed by atoms with Crippen LogP contribution in [-0.4, -0.2) is 18.5 Å². The van der Waals surface area contributed by atoms with Crippen molar-refractivity contribution in [2.24, 2.45) is 5.73 Å². The van der Waals surface area contributed by atoms with Gasteiger partial charge in [0.15, 0.2) is 0 Å². The summed E-state index contributed by atoms with van der Waals surface area (Å²) < 4.78 is 6.87. The van der Waals surface area contributed by atoms with Crippen LogP contribution in [-0.2, 0) is 4.79 Å². The predicted octanol–water partition coefficient (Wildman–Crippen LogP) is 3.84. The minimum atomic E-state index is -0.689. The molecule has 0 aliphatic rings. The Morgan fingerprint density at radius 1 is 1.17 bits per heavy atom. The van der Waals surface area contributed by atoms with Crippen molar-refractivity contribution in [1.29, 1.82) is 0 Å². The maximum Gasteiger partial charge on any atom is 0.265 e. The van der Waals surface area contributed by atoms with Crippen molar-refractivity contribution < 1.29 is 9.53 Å². The molecule has 2 aromatic carbocycles. The van der Waals surface area contributed by atoms with E-state index in [-0.39, 0.29) is 24.4 Å². The van der Waals surface area contributed by atoms with Gasteiger partial charge in [-0.15, -0.1) is 12.4 Å². The molecule has 2 atom stereocenters. The maximum atomic E-state index is 12.5. The Morgan fingerprint density at radius 2 is 1.79 bits per heavy atom. The zero-order chi connectivity index (χ0) is 16.7. The number of nitrogens with one attached hydrogen (secondary N) is 1. The lowest BCUT2D eigenvalue weighted by atomic mass is 10.1. The second-order valence-corrected chi connectivity index (χ2v) is 6.34. The normalized spacial score (nSPS) is 12.6. The van der Waals surface area contributed by atoms with Gasteiger partial charge in [-0.2, -0.15) is 0 Å². The first-order valence-corrected chi connectivity index (χ1v) is 8.36. The van der Waals surface area contributed by atoms with E-state index in [1.807, 2.05) is 61.5 Å². The highest BCUT2D eigenvalue weighted by Crippen LogP contribution is 2.24. The van der Waals surface area contributed by atoms with Crippen LogP contribution in [0.3, 0.4) is 0 Å². The van der Waals surface area contributed by atoms with Gasteiger partial charge in [-0.25, -0.2) is 0 Å². The van der Waals surface area contributed by atoms with Gasteiger partial charge in [0.25, 0.3) is 5.91 Å². The Morgan fingerprint density at radius 3 is 2.38 bits per heavy atom. The van der Waals surface area contributed by atoms with Crippen LogP contribution in [0, 0.1) is 0 Å². The summed E-state index contributed by atoms with van der Waals surface area (Å²) >= 11 is 3.39. The second-order valence-electron chi connectivity index (χ2n) is 5.42. The topological polar surface area (TPSA) is 64.3 Å². The Hall–Kier alpha value is -1.56. The first kappa shape index (κ1) is 20.5. The van der Waals surface area contributed by atoms with Crippen LogP contribution in [0.5, 0.6) is 5.75 Å². The van der Waals surface area contributed by atoms with Crippen molar-refractivity contribution in [2.75, 3.05) is 6.54 Å². The number of benzene rings is 2. The molecule has 4 nitrogen and oxygen atoms in total. The third-order valence-electron chi connectivity index (χ3n) is 3.31. The average molecular weight is 414 g/mol. The zero-order valence-electron chi connectivity index (χ0n) is 13.4. The summed E-state index contributed by atoms with van der Waals surface area (Å²) in [5.74, 6) is 0.476. The highest BCUT2D eigenvalue weighted by atomic mass is 79.9. The van der Waals surface area contributed by atoms with E-state index < -0.39 is 6.10 Å². The summed E-state index contributed by atoms with van der Waals surface area (Å²) in [5.41, 5.74) is 6.53. The molecule has 1 amide bonds. The fourth-order valence-corrected chi connectivity index (χ4v) is 2.33. The average Bonchev–Trinajstić information content (AvgIpc) is 2.54. The summed E-state index contributed by atoms with van der Waals surface area (Å²) in [7, 11) is 0. The van der Waals surface area contributed by atoms with Crippen molar-refractivity contribution in [1.82, 2.24) is 5.32 Å². The van der Waals surface area contributed by atoms with Gasteiger partial charge in [0.05, 0.1) is 0 Å². The van der Waals surface area contributed by atoms with Crippen LogP contribution in [0.25, 0.3) is 0 Å². The van der Waals surface area contributed by atoms with Crippen molar-refractivity contribution >= 4 is 34.2 Å². The minimum Gasteiger partial charge on any atom is -0.476 e. The van der Waals surface area contributed by atoms with Gasteiger partial charge in [0.1, 0.15) is 5.75 Å². The number of nitrogens with two attached hydrogens (primary N) is 1. The Bertz CT molecular complexity index is 621. The monoisotopic (exact) mass is 412 g/mol. The zero-order valence-corrected chi connectivity index (χ0v) is 15.8. The SMILES string of the molecule is CC(N)CCNC(=O)C(Oc1ccc(Br)cc1)c1ccccc1.Cl. The number of halogens is 2. The van der Waals surface area contributed by atoms with E-state index in [4.69, 9.17) is 10.5 Å². The van der Waals surface area contributed by atoms with Gasteiger partial charge >= 0.3 is 0 Å². The van der Waals surface area contributed by atoms with Crippen LogP contribution in [0.4, 0.5) is 0 Å². The highest BCUT2D eigenvalue weighted by Gasteiger charge is 2.22. The molecule has 0 saturated carbocycles. The number of rotatable bonds is 7. The standard InChI is InChI=1S/C18H21BrN2O2.ClH/c1-13(20)11-12-21-18(22)17(14-5-3-2-4-6-14)23-16-9-7-15(19)8-10-16;/h2-10,13,17H,11-12,20H2,1H3,(H,21,22);1H. The van der Waals surface area contributed by atoms with Crippen LogP contribution in [0.1, 0.15) is 25.0 Å².